The van der Waals surface area contributed by atoms with E-state index in [9.17, 15) is 4.79 Å². The molecule has 0 aliphatic carbocycles. The van der Waals surface area contributed by atoms with E-state index in [0.717, 1.165) is 6.42 Å². The van der Waals surface area contributed by atoms with Crippen LogP contribution in [0.25, 0.3) is 0 Å². The predicted octanol–water partition coefficient (Wildman–Crippen LogP) is -0.512. The molecule has 0 aromatic heterocycles. The summed E-state index contributed by atoms with van der Waals surface area (Å²) in [6.45, 7) is 1.29. The molecule has 0 bridgehead atoms. The van der Waals surface area contributed by atoms with Gasteiger partial charge in [-0.15, -0.1) is 6.42 Å². The highest BCUT2D eigenvalue weighted by Gasteiger charge is 2.16. The quantitative estimate of drug-likeness (QED) is 0.523. The predicted molar refractivity (Wildman–Crippen MR) is 42.9 cm³/mol. The van der Waals surface area contributed by atoms with Crippen molar-refractivity contribution in [3.8, 4) is 12.3 Å². The van der Waals surface area contributed by atoms with Gasteiger partial charge in [0.2, 0.25) is 5.91 Å². The number of hydrogen-bond donors (Lipinski definition) is 2. The molecule has 0 radical (unpaired) electrons. The molecular formula is C8H12N2O. The molecule has 1 unspecified atom stereocenters. The zero-order chi connectivity index (χ0) is 8.10. The van der Waals surface area contributed by atoms with Gasteiger partial charge in [-0.05, 0) is 6.42 Å². The van der Waals surface area contributed by atoms with Gasteiger partial charge in [0, 0.05) is 19.0 Å². The second-order valence-electron chi connectivity index (χ2n) is 2.62. The fraction of sp³-hybridized carbons (Fsp3) is 0.625. The first-order valence-electron chi connectivity index (χ1n) is 3.76. The van der Waals surface area contributed by atoms with E-state index < -0.39 is 0 Å². The second kappa shape index (κ2) is 3.99. The Kier molecular flexibility index (Phi) is 2.94. The Bertz CT molecular complexity index is 173. The van der Waals surface area contributed by atoms with Crippen LogP contribution in [-0.4, -0.2) is 25.0 Å². The third-order valence-electron chi connectivity index (χ3n) is 1.76. The first-order valence-corrected chi connectivity index (χ1v) is 3.76. The van der Waals surface area contributed by atoms with Crippen LogP contribution in [0, 0.1) is 12.3 Å². The van der Waals surface area contributed by atoms with Crippen molar-refractivity contribution in [1.82, 2.24) is 10.6 Å². The van der Waals surface area contributed by atoms with Gasteiger partial charge in [0.25, 0.3) is 0 Å². The van der Waals surface area contributed by atoms with E-state index >= 15 is 0 Å². The summed E-state index contributed by atoms with van der Waals surface area (Å²) in [7, 11) is 0. The van der Waals surface area contributed by atoms with Gasteiger partial charge in [-0.25, -0.2) is 0 Å². The molecule has 0 spiro atoms. The number of hydrogen-bond acceptors (Lipinski definition) is 2. The minimum Gasteiger partial charge on any atom is -0.355 e. The molecular weight excluding hydrogens is 140 g/mol. The minimum absolute atomic E-state index is 0.142. The smallest absolute Gasteiger partial charge is 0.220 e. The number of amides is 1. The van der Waals surface area contributed by atoms with Crippen LogP contribution in [0.15, 0.2) is 0 Å². The van der Waals surface area contributed by atoms with E-state index in [1.54, 1.807) is 0 Å². The molecule has 1 heterocycles. The van der Waals surface area contributed by atoms with Gasteiger partial charge in [0.1, 0.15) is 0 Å². The van der Waals surface area contributed by atoms with Crippen molar-refractivity contribution in [3.05, 3.63) is 0 Å². The first-order chi connectivity index (χ1) is 5.33. The Morgan fingerprint density at radius 1 is 1.82 bits per heavy atom. The Hall–Kier alpha value is -1.01. The summed E-state index contributed by atoms with van der Waals surface area (Å²) < 4.78 is 0. The highest BCUT2D eigenvalue weighted by atomic mass is 16.1. The lowest BCUT2D eigenvalue weighted by Gasteiger charge is -2.22. The van der Waals surface area contributed by atoms with Crippen LogP contribution in [0.3, 0.4) is 0 Å². The maximum absolute atomic E-state index is 10.7. The minimum atomic E-state index is 0.142. The number of rotatable bonds is 2. The van der Waals surface area contributed by atoms with Crippen LogP contribution < -0.4 is 10.6 Å². The molecule has 1 rings (SSSR count). The number of piperidine rings is 1. The van der Waals surface area contributed by atoms with Crippen molar-refractivity contribution in [2.45, 2.75) is 18.9 Å². The summed E-state index contributed by atoms with van der Waals surface area (Å²) >= 11 is 0. The summed E-state index contributed by atoms with van der Waals surface area (Å²) in [5.41, 5.74) is 0. The summed E-state index contributed by atoms with van der Waals surface area (Å²) in [5.74, 6) is 2.64. The van der Waals surface area contributed by atoms with Crippen LogP contribution >= 0.6 is 0 Å². The number of terminal acetylenes is 1. The molecule has 1 aliphatic rings. The Balaban J connectivity index is 2.18. The number of carbonyl (C=O) groups excluding carboxylic acids is 1. The zero-order valence-corrected chi connectivity index (χ0v) is 6.39. The third-order valence-corrected chi connectivity index (χ3v) is 1.76. The summed E-state index contributed by atoms with van der Waals surface area (Å²) in [6.07, 6.45) is 6.58. The van der Waals surface area contributed by atoms with Crippen molar-refractivity contribution < 1.29 is 4.79 Å². The fourth-order valence-corrected chi connectivity index (χ4v) is 1.11. The second-order valence-corrected chi connectivity index (χ2v) is 2.62. The average Bonchev–Trinajstić information content (AvgIpc) is 2.04. The molecule has 60 valence electrons. The molecule has 1 saturated heterocycles. The standard InChI is InChI=1S/C8H12N2O/c1-2-5-9-7-3-4-8(11)10-6-7/h1,7,9H,3-6H2,(H,10,11). The largest absolute Gasteiger partial charge is 0.355 e. The molecule has 0 saturated carbocycles. The van der Waals surface area contributed by atoms with E-state index in [1.165, 1.54) is 0 Å². The third kappa shape index (κ3) is 2.60. The molecule has 1 amide bonds. The summed E-state index contributed by atoms with van der Waals surface area (Å²) in [4.78, 5) is 10.7. The van der Waals surface area contributed by atoms with Crippen LogP contribution in [0.5, 0.6) is 0 Å². The lowest BCUT2D eigenvalue weighted by Crippen LogP contribution is -2.45. The van der Waals surface area contributed by atoms with Gasteiger partial charge < -0.3 is 10.6 Å². The Morgan fingerprint density at radius 3 is 3.18 bits per heavy atom. The number of carbonyl (C=O) groups is 1. The summed E-state index contributed by atoms with van der Waals surface area (Å²) in [6, 6.07) is 0.365. The van der Waals surface area contributed by atoms with E-state index in [1.807, 2.05) is 0 Å². The van der Waals surface area contributed by atoms with Crippen molar-refractivity contribution in [2.24, 2.45) is 0 Å². The Labute approximate surface area is 66.5 Å². The van der Waals surface area contributed by atoms with Crippen molar-refractivity contribution >= 4 is 5.91 Å². The SMILES string of the molecule is C#CCNC1CCC(=O)NC1. The average molecular weight is 152 g/mol. The van der Waals surface area contributed by atoms with E-state index in [4.69, 9.17) is 6.42 Å². The molecule has 11 heavy (non-hydrogen) atoms. The normalized spacial score (nSPS) is 23.9. The summed E-state index contributed by atoms with van der Waals surface area (Å²) in [5, 5.41) is 5.91. The van der Waals surface area contributed by atoms with Gasteiger partial charge in [0.15, 0.2) is 0 Å². The van der Waals surface area contributed by atoms with Crippen LogP contribution in [0.2, 0.25) is 0 Å². The molecule has 2 N–H and O–H groups in total. The zero-order valence-electron chi connectivity index (χ0n) is 6.39. The molecule has 1 fully saturated rings. The van der Waals surface area contributed by atoms with E-state index in [-0.39, 0.29) is 5.91 Å². The highest BCUT2D eigenvalue weighted by molar-refractivity contribution is 5.76. The topological polar surface area (TPSA) is 41.1 Å². The fourth-order valence-electron chi connectivity index (χ4n) is 1.11. The molecule has 1 atom stereocenters. The number of nitrogens with one attached hydrogen (secondary N) is 2. The molecule has 0 aromatic carbocycles. The monoisotopic (exact) mass is 152 g/mol. The van der Waals surface area contributed by atoms with Crippen LogP contribution in [-0.2, 0) is 4.79 Å². The van der Waals surface area contributed by atoms with Crippen molar-refractivity contribution in [3.63, 3.8) is 0 Å². The molecule has 1 aliphatic heterocycles. The molecule has 3 heteroatoms. The lowest BCUT2D eigenvalue weighted by atomic mass is 10.1. The maximum Gasteiger partial charge on any atom is 0.220 e. The lowest BCUT2D eigenvalue weighted by molar-refractivity contribution is -0.122. The van der Waals surface area contributed by atoms with Gasteiger partial charge in [0.05, 0.1) is 6.54 Å². The van der Waals surface area contributed by atoms with E-state index in [2.05, 4.69) is 16.6 Å². The Morgan fingerprint density at radius 2 is 2.64 bits per heavy atom. The van der Waals surface area contributed by atoms with Gasteiger partial charge in [-0.2, -0.15) is 0 Å². The molecule has 3 nitrogen and oxygen atoms in total. The van der Waals surface area contributed by atoms with Gasteiger partial charge >= 0.3 is 0 Å². The van der Waals surface area contributed by atoms with Crippen molar-refractivity contribution in [1.29, 1.82) is 0 Å². The van der Waals surface area contributed by atoms with Crippen LogP contribution in [0.4, 0.5) is 0 Å². The van der Waals surface area contributed by atoms with E-state index in [0.29, 0.717) is 25.6 Å². The maximum atomic E-state index is 10.7. The van der Waals surface area contributed by atoms with Crippen molar-refractivity contribution in [2.75, 3.05) is 13.1 Å². The van der Waals surface area contributed by atoms with Gasteiger partial charge in [-0.1, -0.05) is 5.92 Å². The van der Waals surface area contributed by atoms with Crippen LogP contribution in [0.1, 0.15) is 12.8 Å². The highest BCUT2D eigenvalue weighted by Crippen LogP contribution is 2.01. The molecule has 0 aromatic rings. The van der Waals surface area contributed by atoms with Gasteiger partial charge in [-0.3, -0.25) is 4.79 Å². The first kappa shape index (κ1) is 8.09.